The Morgan fingerprint density at radius 3 is 2.71 bits per heavy atom. The highest BCUT2D eigenvalue weighted by Gasteiger charge is 2.01. The lowest BCUT2D eigenvalue weighted by molar-refractivity contribution is 0.123. The SMILES string of the molecule is CCO/C(C)=N/OCCCNC(=O)OCc1ccccc1. The van der Waals surface area contributed by atoms with Crippen molar-refractivity contribution in [3.05, 3.63) is 35.9 Å². The first-order valence-electron chi connectivity index (χ1n) is 6.96. The molecule has 6 nitrogen and oxygen atoms in total. The van der Waals surface area contributed by atoms with Crippen LogP contribution >= 0.6 is 0 Å². The lowest BCUT2D eigenvalue weighted by Gasteiger charge is -2.07. The van der Waals surface area contributed by atoms with E-state index in [-0.39, 0.29) is 6.61 Å². The molecule has 1 rings (SSSR count). The molecule has 1 aromatic rings. The van der Waals surface area contributed by atoms with Gasteiger partial charge in [-0.3, -0.25) is 0 Å². The summed E-state index contributed by atoms with van der Waals surface area (Å²) in [5.41, 5.74) is 0.955. The Hall–Kier alpha value is -2.24. The molecule has 1 N–H and O–H groups in total. The molecule has 6 heteroatoms. The smallest absolute Gasteiger partial charge is 0.407 e. The van der Waals surface area contributed by atoms with Gasteiger partial charge in [0.15, 0.2) is 0 Å². The highest BCUT2D eigenvalue weighted by Crippen LogP contribution is 2.00. The third kappa shape index (κ3) is 8.52. The van der Waals surface area contributed by atoms with E-state index in [4.69, 9.17) is 14.3 Å². The molecule has 0 unspecified atom stereocenters. The normalized spacial score (nSPS) is 10.9. The molecule has 0 aromatic heterocycles. The number of nitrogens with zero attached hydrogens (tertiary/aromatic N) is 1. The highest BCUT2D eigenvalue weighted by atomic mass is 16.6. The zero-order valence-corrected chi connectivity index (χ0v) is 12.5. The minimum absolute atomic E-state index is 0.265. The van der Waals surface area contributed by atoms with Crippen LogP contribution in [0.3, 0.4) is 0 Å². The minimum Gasteiger partial charge on any atom is -0.479 e. The van der Waals surface area contributed by atoms with Crippen molar-refractivity contribution in [3.63, 3.8) is 0 Å². The van der Waals surface area contributed by atoms with Gasteiger partial charge in [-0.1, -0.05) is 35.5 Å². The number of amides is 1. The van der Waals surface area contributed by atoms with Gasteiger partial charge in [0.1, 0.15) is 13.2 Å². The first kappa shape index (κ1) is 16.8. The van der Waals surface area contributed by atoms with E-state index in [0.717, 1.165) is 5.56 Å². The van der Waals surface area contributed by atoms with Gasteiger partial charge in [-0.15, -0.1) is 0 Å². The third-order valence-electron chi connectivity index (χ3n) is 2.44. The zero-order valence-electron chi connectivity index (χ0n) is 12.5. The van der Waals surface area contributed by atoms with E-state index in [1.165, 1.54) is 0 Å². The zero-order chi connectivity index (χ0) is 15.3. The molecule has 1 amide bonds. The van der Waals surface area contributed by atoms with Gasteiger partial charge < -0.3 is 19.6 Å². The number of benzene rings is 1. The number of rotatable bonds is 8. The number of carbonyl (C=O) groups is 1. The number of oxime groups is 1. The van der Waals surface area contributed by atoms with Crippen molar-refractivity contribution >= 4 is 12.0 Å². The summed E-state index contributed by atoms with van der Waals surface area (Å²) in [4.78, 5) is 16.5. The van der Waals surface area contributed by atoms with Crippen LogP contribution in [-0.2, 0) is 20.9 Å². The number of carbonyl (C=O) groups excluding carboxylic acids is 1. The van der Waals surface area contributed by atoms with Crippen molar-refractivity contribution in [2.24, 2.45) is 5.16 Å². The number of ether oxygens (including phenoxy) is 2. The lowest BCUT2D eigenvalue weighted by Crippen LogP contribution is -2.25. The Morgan fingerprint density at radius 1 is 1.24 bits per heavy atom. The maximum absolute atomic E-state index is 11.4. The Kier molecular flexibility index (Phi) is 8.44. The van der Waals surface area contributed by atoms with Gasteiger partial charge in [-0.05, 0) is 12.5 Å². The largest absolute Gasteiger partial charge is 0.479 e. The van der Waals surface area contributed by atoms with E-state index in [1.807, 2.05) is 37.3 Å². The van der Waals surface area contributed by atoms with Crippen molar-refractivity contribution in [2.75, 3.05) is 19.8 Å². The van der Waals surface area contributed by atoms with Crippen LogP contribution < -0.4 is 5.32 Å². The molecule has 21 heavy (non-hydrogen) atoms. The number of nitrogens with one attached hydrogen (secondary N) is 1. The molecule has 0 atom stereocenters. The fourth-order valence-electron chi connectivity index (χ4n) is 1.47. The van der Waals surface area contributed by atoms with Gasteiger partial charge >= 0.3 is 6.09 Å². The standard InChI is InChI=1S/C15H22N2O4/c1-3-19-13(2)17-21-11-7-10-16-15(18)20-12-14-8-5-4-6-9-14/h4-6,8-9H,3,7,10-12H2,1-2H3,(H,16,18)/b17-13+. The maximum atomic E-state index is 11.4. The first-order valence-corrected chi connectivity index (χ1v) is 6.96. The molecular formula is C15H22N2O4. The van der Waals surface area contributed by atoms with Gasteiger partial charge in [0.25, 0.3) is 0 Å². The summed E-state index contributed by atoms with van der Waals surface area (Å²) in [5, 5.41) is 6.40. The summed E-state index contributed by atoms with van der Waals surface area (Å²) in [7, 11) is 0. The highest BCUT2D eigenvalue weighted by molar-refractivity contribution is 5.72. The molecule has 0 aliphatic rings. The van der Waals surface area contributed by atoms with Crippen LogP contribution in [0, 0.1) is 0 Å². The van der Waals surface area contributed by atoms with Crippen LogP contribution in [0.1, 0.15) is 25.8 Å². The van der Waals surface area contributed by atoms with Crippen LogP contribution in [0.2, 0.25) is 0 Å². The Balaban J connectivity index is 2.02. The molecular weight excluding hydrogens is 272 g/mol. The van der Waals surface area contributed by atoms with Gasteiger partial charge in [-0.25, -0.2) is 4.79 Å². The molecule has 0 fully saturated rings. The van der Waals surface area contributed by atoms with Crippen LogP contribution in [0.5, 0.6) is 0 Å². The average Bonchev–Trinajstić information content (AvgIpc) is 2.50. The first-order chi connectivity index (χ1) is 10.2. The van der Waals surface area contributed by atoms with Crippen LogP contribution in [-0.4, -0.2) is 31.7 Å². The number of hydrogen-bond donors (Lipinski definition) is 1. The molecule has 0 aliphatic carbocycles. The maximum Gasteiger partial charge on any atom is 0.407 e. The van der Waals surface area contributed by atoms with Crippen molar-refractivity contribution in [1.29, 1.82) is 0 Å². The monoisotopic (exact) mass is 294 g/mol. The second kappa shape index (κ2) is 10.5. The van der Waals surface area contributed by atoms with E-state index in [9.17, 15) is 4.79 Å². The fraction of sp³-hybridized carbons (Fsp3) is 0.467. The van der Waals surface area contributed by atoms with Crippen LogP contribution in [0.25, 0.3) is 0 Å². The van der Waals surface area contributed by atoms with E-state index in [1.54, 1.807) is 6.92 Å². The molecule has 0 radical (unpaired) electrons. The van der Waals surface area contributed by atoms with E-state index in [2.05, 4.69) is 10.5 Å². The van der Waals surface area contributed by atoms with E-state index in [0.29, 0.717) is 32.1 Å². The molecule has 0 heterocycles. The fourth-order valence-corrected chi connectivity index (χ4v) is 1.47. The second-order valence-electron chi connectivity index (χ2n) is 4.22. The average molecular weight is 294 g/mol. The van der Waals surface area contributed by atoms with Crippen LogP contribution in [0.15, 0.2) is 35.5 Å². The molecule has 0 bridgehead atoms. The van der Waals surface area contributed by atoms with Gasteiger partial charge in [0.2, 0.25) is 5.90 Å². The molecule has 0 aliphatic heterocycles. The Bertz CT molecular complexity index is 435. The Morgan fingerprint density at radius 2 is 2.00 bits per heavy atom. The summed E-state index contributed by atoms with van der Waals surface area (Å²) in [6.45, 7) is 5.31. The van der Waals surface area contributed by atoms with Crippen molar-refractivity contribution < 1.29 is 19.1 Å². The second-order valence-corrected chi connectivity index (χ2v) is 4.22. The summed E-state index contributed by atoms with van der Waals surface area (Å²) in [6, 6.07) is 9.52. The molecule has 0 saturated heterocycles. The van der Waals surface area contributed by atoms with Crippen molar-refractivity contribution in [1.82, 2.24) is 5.32 Å². The summed E-state index contributed by atoms with van der Waals surface area (Å²) < 4.78 is 10.2. The molecule has 0 saturated carbocycles. The van der Waals surface area contributed by atoms with Gasteiger partial charge in [0.05, 0.1) is 6.61 Å². The van der Waals surface area contributed by atoms with Crippen LogP contribution in [0.4, 0.5) is 4.79 Å². The van der Waals surface area contributed by atoms with Crippen molar-refractivity contribution in [2.45, 2.75) is 26.9 Å². The predicted molar refractivity (Wildman–Crippen MR) is 79.9 cm³/mol. The van der Waals surface area contributed by atoms with Crippen molar-refractivity contribution in [3.8, 4) is 0 Å². The Labute approximate surface area is 125 Å². The summed E-state index contributed by atoms with van der Waals surface area (Å²) >= 11 is 0. The van der Waals surface area contributed by atoms with Gasteiger partial charge in [0, 0.05) is 19.9 Å². The molecule has 116 valence electrons. The summed E-state index contributed by atoms with van der Waals surface area (Å²) in [6.07, 6.45) is 0.205. The topological polar surface area (TPSA) is 69.2 Å². The molecule has 0 spiro atoms. The lowest BCUT2D eigenvalue weighted by atomic mass is 10.2. The third-order valence-corrected chi connectivity index (χ3v) is 2.44. The number of hydrogen-bond acceptors (Lipinski definition) is 5. The quantitative estimate of drug-likeness (QED) is 0.346. The predicted octanol–water partition coefficient (Wildman–Crippen LogP) is 2.69. The van der Waals surface area contributed by atoms with E-state index < -0.39 is 6.09 Å². The minimum atomic E-state index is -0.437. The number of alkyl carbamates (subject to hydrolysis) is 1. The van der Waals surface area contributed by atoms with Gasteiger partial charge in [-0.2, -0.15) is 0 Å². The molecule has 1 aromatic carbocycles. The van der Waals surface area contributed by atoms with E-state index >= 15 is 0 Å². The summed E-state index contributed by atoms with van der Waals surface area (Å²) in [5.74, 6) is 0.493.